The summed E-state index contributed by atoms with van der Waals surface area (Å²) in [6.07, 6.45) is 1.10. The quantitative estimate of drug-likeness (QED) is 0.906. The number of aromatic amines is 1. The molecule has 2 aromatic rings. The number of aromatic nitrogens is 1. The highest BCUT2D eigenvalue weighted by Gasteiger charge is 2.21. The van der Waals surface area contributed by atoms with E-state index >= 15 is 0 Å². The summed E-state index contributed by atoms with van der Waals surface area (Å²) in [4.78, 5) is 17.9. The Labute approximate surface area is 122 Å². The number of piperazine rings is 1. The maximum atomic E-state index is 10.9. The molecule has 6 heteroatoms. The van der Waals surface area contributed by atoms with Crippen LogP contribution < -0.4 is 4.74 Å². The Morgan fingerprint density at radius 2 is 2.10 bits per heavy atom. The molecule has 0 unspecified atom stereocenters. The van der Waals surface area contributed by atoms with Gasteiger partial charge in [0.2, 0.25) is 0 Å². The summed E-state index contributed by atoms with van der Waals surface area (Å²) in [5.41, 5.74) is 2.27. The molecule has 1 amide bonds. The molecule has 2 N–H and O–H groups in total. The Bertz CT molecular complexity index is 645. The number of ether oxygens (including phenoxy) is 1. The molecule has 0 atom stereocenters. The smallest absolute Gasteiger partial charge is 0.407 e. The van der Waals surface area contributed by atoms with Gasteiger partial charge >= 0.3 is 6.09 Å². The van der Waals surface area contributed by atoms with E-state index < -0.39 is 6.09 Å². The van der Waals surface area contributed by atoms with E-state index in [0.717, 1.165) is 30.9 Å². The highest BCUT2D eigenvalue weighted by atomic mass is 16.5. The lowest BCUT2D eigenvalue weighted by molar-refractivity contribution is 0.103. The molecule has 0 spiro atoms. The van der Waals surface area contributed by atoms with Gasteiger partial charge in [-0.2, -0.15) is 0 Å². The third-order valence-electron chi connectivity index (χ3n) is 4.00. The molecule has 3 rings (SSSR count). The van der Waals surface area contributed by atoms with Gasteiger partial charge in [0, 0.05) is 55.9 Å². The van der Waals surface area contributed by atoms with Crippen molar-refractivity contribution in [3.63, 3.8) is 0 Å². The number of rotatable bonds is 3. The average Bonchev–Trinajstić information content (AvgIpc) is 2.96. The molecule has 0 aliphatic carbocycles. The molecule has 2 heterocycles. The Morgan fingerprint density at radius 1 is 1.33 bits per heavy atom. The number of nitrogens with one attached hydrogen (secondary N) is 1. The number of H-pyrrole nitrogens is 1. The van der Waals surface area contributed by atoms with Crippen molar-refractivity contribution in [3.05, 3.63) is 30.0 Å². The molecular formula is C15H19N3O3. The van der Waals surface area contributed by atoms with E-state index in [9.17, 15) is 4.79 Å². The maximum Gasteiger partial charge on any atom is 0.407 e. The lowest BCUT2D eigenvalue weighted by Gasteiger charge is -2.33. The number of fused-ring (bicyclic) bond motifs is 1. The molecule has 21 heavy (non-hydrogen) atoms. The molecule has 0 bridgehead atoms. The molecule has 1 aromatic carbocycles. The maximum absolute atomic E-state index is 10.9. The lowest BCUT2D eigenvalue weighted by atomic mass is 10.1. The number of carboxylic acid groups (broad SMARTS) is 1. The lowest BCUT2D eigenvalue weighted by Crippen LogP contribution is -2.47. The van der Waals surface area contributed by atoms with Gasteiger partial charge in [-0.05, 0) is 17.7 Å². The molecule has 1 fully saturated rings. The van der Waals surface area contributed by atoms with Crippen molar-refractivity contribution in [2.45, 2.75) is 6.54 Å². The summed E-state index contributed by atoms with van der Waals surface area (Å²) < 4.78 is 5.35. The third kappa shape index (κ3) is 2.80. The number of hydrogen-bond acceptors (Lipinski definition) is 3. The van der Waals surface area contributed by atoms with E-state index in [1.165, 1.54) is 15.8 Å². The molecule has 1 saturated heterocycles. The third-order valence-corrected chi connectivity index (χ3v) is 4.00. The molecule has 6 nitrogen and oxygen atoms in total. The van der Waals surface area contributed by atoms with Gasteiger partial charge in [-0.3, -0.25) is 4.90 Å². The minimum Gasteiger partial charge on any atom is -0.497 e. The van der Waals surface area contributed by atoms with Crippen molar-refractivity contribution in [1.29, 1.82) is 0 Å². The fourth-order valence-electron chi connectivity index (χ4n) is 2.80. The van der Waals surface area contributed by atoms with E-state index in [0.29, 0.717) is 13.1 Å². The first-order valence-electron chi connectivity index (χ1n) is 7.01. The highest BCUT2D eigenvalue weighted by molar-refractivity contribution is 5.84. The Morgan fingerprint density at radius 3 is 2.76 bits per heavy atom. The number of methoxy groups -OCH3 is 1. The van der Waals surface area contributed by atoms with Gasteiger partial charge in [-0.1, -0.05) is 0 Å². The van der Waals surface area contributed by atoms with Crippen LogP contribution in [0.1, 0.15) is 5.56 Å². The van der Waals surface area contributed by atoms with Gasteiger partial charge in [-0.15, -0.1) is 0 Å². The van der Waals surface area contributed by atoms with Crippen LogP contribution in [0, 0.1) is 0 Å². The predicted molar refractivity (Wildman–Crippen MR) is 79.7 cm³/mol. The highest BCUT2D eigenvalue weighted by Crippen LogP contribution is 2.26. The largest absolute Gasteiger partial charge is 0.497 e. The minimum atomic E-state index is -0.830. The van der Waals surface area contributed by atoms with Gasteiger partial charge in [0.15, 0.2) is 0 Å². The van der Waals surface area contributed by atoms with E-state index in [2.05, 4.69) is 22.0 Å². The van der Waals surface area contributed by atoms with Crippen LogP contribution in [0.5, 0.6) is 5.75 Å². The molecule has 0 saturated carbocycles. The van der Waals surface area contributed by atoms with Gasteiger partial charge < -0.3 is 19.7 Å². The zero-order chi connectivity index (χ0) is 14.8. The molecule has 0 radical (unpaired) electrons. The standard InChI is InChI=1S/C15H19N3O3/c1-21-12-8-11(13-2-3-16-14(13)9-12)10-17-4-6-18(7-5-17)15(19)20/h2-3,8-9,16H,4-7,10H2,1H3,(H,19,20). The van der Waals surface area contributed by atoms with Crippen LogP contribution >= 0.6 is 0 Å². The van der Waals surface area contributed by atoms with Crippen LogP contribution in [0.25, 0.3) is 10.9 Å². The Balaban J connectivity index is 1.76. The van der Waals surface area contributed by atoms with E-state index in [4.69, 9.17) is 9.84 Å². The first kappa shape index (κ1) is 13.8. The Kier molecular flexibility index (Phi) is 3.70. The summed E-state index contributed by atoms with van der Waals surface area (Å²) in [5.74, 6) is 0.837. The van der Waals surface area contributed by atoms with Crippen LogP contribution in [0.15, 0.2) is 24.4 Å². The van der Waals surface area contributed by atoms with E-state index in [1.807, 2.05) is 12.3 Å². The average molecular weight is 289 g/mol. The summed E-state index contributed by atoms with van der Waals surface area (Å²) in [6.45, 7) is 3.45. The summed E-state index contributed by atoms with van der Waals surface area (Å²) in [5, 5.41) is 10.2. The normalized spacial score (nSPS) is 16.3. The monoisotopic (exact) mass is 289 g/mol. The van der Waals surface area contributed by atoms with Crippen LogP contribution in [0.3, 0.4) is 0 Å². The molecule has 112 valence electrons. The number of nitrogens with zero attached hydrogens (tertiary/aromatic N) is 2. The van der Waals surface area contributed by atoms with Gasteiger partial charge in [0.1, 0.15) is 5.75 Å². The molecule has 1 aliphatic heterocycles. The van der Waals surface area contributed by atoms with Crippen LogP contribution in [-0.2, 0) is 6.54 Å². The summed E-state index contributed by atoms with van der Waals surface area (Å²) >= 11 is 0. The first-order chi connectivity index (χ1) is 10.2. The fourth-order valence-corrected chi connectivity index (χ4v) is 2.80. The Hall–Kier alpha value is -2.21. The zero-order valence-electron chi connectivity index (χ0n) is 12.0. The van der Waals surface area contributed by atoms with Crippen molar-refractivity contribution < 1.29 is 14.6 Å². The van der Waals surface area contributed by atoms with Gasteiger partial charge in [0.25, 0.3) is 0 Å². The second-order valence-electron chi connectivity index (χ2n) is 5.27. The second kappa shape index (κ2) is 5.65. The topological polar surface area (TPSA) is 68.8 Å². The zero-order valence-corrected chi connectivity index (χ0v) is 12.0. The van der Waals surface area contributed by atoms with Crippen molar-refractivity contribution >= 4 is 17.0 Å². The van der Waals surface area contributed by atoms with Gasteiger partial charge in [0.05, 0.1) is 7.11 Å². The van der Waals surface area contributed by atoms with Crippen LogP contribution in [-0.4, -0.2) is 59.3 Å². The molecule has 1 aliphatic rings. The first-order valence-corrected chi connectivity index (χ1v) is 7.01. The number of amides is 1. The number of benzene rings is 1. The van der Waals surface area contributed by atoms with Gasteiger partial charge in [-0.25, -0.2) is 4.79 Å². The minimum absolute atomic E-state index is 0.565. The fraction of sp³-hybridized carbons (Fsp3) is 0.400. The second-order valence-corrected chi connectivity index (χ2v) is 5.27. The van der Waals surface area contributed by atoms with Crippen LogP contribution in [0.2, 0.25) is 0 Å². The summed E-state index contributed by atoms with van der Waals surface area (Å²) in [7, 11) is 1.67. The van der Waals surface area contributed by atoms with E-state index in [1.54, 1.807) is 7.11 Å². The van der Waals surface area contributed by atoms with E-state index in [-0.39, 0.29) is 0 Å². The van der Waals surface area contributed by atoms with Crippen molar-refractivity contribution in [1.82, 2.24) is 14.8 Å². The number of carbonyl (C=O) groups is 1. The molecule has 1 aromatic heterocycles. The number of hydrogen-bond donors (Lipinski definition) is 2. The summed E-state index contributed by atoms with van der Waals surface area (Å²) in [6, 6.07) is 6.11. The van der Waals surface area contributed by atoms with Crippen molar-refractivity contribution in [2.75, 3.05) is 33.3 Å². The van der Waals surface area contributed by atoms with Crippen molar-refractivity contribution in [2.24, 2.45) is 0 Å². The predicted octanol–water partition coefficient (Wildman–Crippen LogP) is 1.97. The molecular weight excluding hydrogens is 270 g/mol. The SMILES string of the molecule is COc1cc(CN2CCN(C(=O)O)CC2)c2cc[nH]c2c1. The van der Waals surface area contributed by atoms with Crippen molar-refractivity contribution in [3.8, 4) is 5.75 Å². The van der Waals surface area contributed by atoms with Crippen LogP contribution in [0.4, 0.5) is 4.79 Å².